The van der Waals surface area contributed by atoms with Gasteiger partial charge in [0.2, 0.25) is 10.0 Å². The number of hydrogen-bond donors (Lipinski definition) is 2. The number of hydrogen-bond acceptors (Lipinski definition) is 3. The van der Waals surface area contributed by atoms with Crippen molar-refractivity contribution < 1.29 is 8.42 Å². The summed E-state index contributed by atoms with van der Waals surface area (Å²) in [4.78, 5) is 6.95. The highest BCUT2D eigenvalue weighted by molar-refractivity contribution is 14.0. The van der Waals surface area contributed by atoms with E-state index < -0.39 is 10.0 Å². The summed E-state index contributed by atoms with van der Waals surface area (Å²) in [5, 5.41) is 3.34. The molecule has 22 heavy (non-hydrogen) atoms. The molecule has 0 aromatic heterocycles. The largest absolute Gasteiger partial charge is 0.357 e. The fourth-order valence-corrected chi connectivity index (χ4v) is 3.30. The van der Waals surface area contributed by atoms with Gasteiger partial charge in [0.25, 0.3) is 0 Å². The summed E-state index contributed by atoms with van der Waals surface area (Å²) in [7, 11) is -3.09. The molecule has 0 bridgehead atoms. The van der Waals surface area contributed by atoms with Crippen molar-refractivity contribution in [3.05, 3.63) is 0 Å². The van der Waals surface area contributed by atoms with Crippen molar-refractivity contribution in [3.63, 3.8) is 0 Å². The van der Waals surface area contributed by atoms with Crippen LogP contribution in [-0.2, 0) is 10.0 Å². The summed E-state index contributed by atoms with van der Waals surface area (Å²) in [6, 6.07) is 0. The topological polar surface area (TPSA) is 73.8 Å². The molecule has 1 saturated heterocycles. The zero-order valence-electron chi connectivity index (χ0n) is 14.1. The summed E-state index contributed by atoms with van der Waals surface area (Å²) >= 11 is 0. The Morgan fingerprint density at radius 3 is 2.36 bits per heavy atom. The first-order valence-electron chi connectivity index (χ1n) is 7.79. The maximum atomic E-state index is 11.0. The molecule has 1 heterocycles. The van der Waals surface area contributed by atoms with Crippen LogP contribution in [-0.4, -0.2) is 58.3 Å². The van der Waals surface area contributed by atoms with Crippen LogP contribution in [0.2, 0.25) is 0 Å². The molecular weight excluding hydrogens is 415 g/mol. The van der Waals surface area contributed by atoms with Gasteiger partial charge in [-0.1, -0.05) is 13.8 Å². The van der Waals surface area contributed by atoms with Crippen LogP contribution in [0.4, 0.5) is 0 Å². The second-order valence-electron chi connectivity index (χ2n) is 6.11. The highest BCUT2D eigenvalue weighted by atomic mass is 127. The number of aliphatic imine (C=N–C) groups is 1. The van der Waals surface area contributed by atoms with Gasteiger partial charge in [-0.05, 0) is 31.6 Å². The van der Waals surface area contributed by atoms with Gasteiger partial charge in [0.15, 0.2) is 5.96 Å². The average Bonchev–Trinajstić information content (AvgIpc) is 2.34. The molecule has 2 unspecified atom stereocenters. The van der Waals surface area contributed by atoms with E-state index in [9.17, 15) is 8.42 Å². The summed E-state index contributed by atoms with van der Waals surface area (Å²) in [6.07, 6.45) is 3.16. The fraction of sp³-hybridized carbons (Fsp3) is 0.929. The SMILES string of the molecule is CCNC(=NCCCNS(C)(=O)=O)N1CC(C)CC(C)C1.I. The Labute approximate surface area is 152 Å². The molecule has 1 rings (SSSR count). The molecule has 2 N–H and O–H groups in total. The number of rotatable bonds is 6. The molecule has 132 valence electrons. The molecule has 6 nitrogen and oxygen atoms in total. The van der Waals surface area contributed by atoms with Crippen molar-refractivity contribution >= 4 is 40.0 Å². The van der Waals surface area contributed by atoms with Gasteiger partial charge >= 0.3 is 0 Å². The van der Waals surface area contributed by atoms with Crippen molar-refractivity contribution in [1.82, 2.24) is 14.9 Å². The molecule has 1 fully saturated rings. The Balaban J connectivity index is 0.00000441. The number of nitrogens with one attached hydrogen (secondary N) is 2. The first-order valence-corrected chi connectivity index (χ1v) is 9.68. The van der Waals surface area contributed by atoms with E-state index >= 15 is 0 Å². The van der Waals surface area contributed by atoms with Gasteiger partial charge in [0.05, 0.1) is 6.26 Å². The summed E-state index contributed by atoms with van der Waals surface area (Å²) in [6.45, 7) is 10.6. The molecule has 0 saturated carbocycles. The Morgan fingerprint density at radius 2 is 1.86 bits per heavy atom. The Morgan fingerprint density at radius 1 is 1.27 bits per heavy atom. The Bertz CT molecular complexity index is 432. The van der Waals surface area contributed by atoms with Crippen LogP contribution >= 0.6 is 24.0 Å². The van der Waals surface area contributed by atoms with E-state index in [1.54, 1.807) is 0 Å². The number of sulfonamides is 1. The van der Waals surface area contributed by atoms with E-state index in [2.05, 4.69) is 40.7 Å². The number of guanidine groups is 1. The lowest BCUT2D eigenvalue weighted by Gasteiger charge is -2.37. The van der Waals surface area contributed by atoms with Crippen LogP contribution in [0.1, 0.15) is 33.6 Å². The first kappa shape index (κ1) is 21.9. The third-order valence-electron chi connectivity index (χ3n) is 3.46. The monoisotopic (exact) mass is 446 g/mol. The second kappa shape index (κ2) is 10.6. The normalized spacial score (nSPS) is 23.1. The van der Waals surface area contributed by atoms with Crippen LogP contribution in [0.3, 0.4) is 0 Å². The zero-order chi connectivity index (χ0) is 15.9. The van der Waals surface area contributed by atoms with Crippen molar-refractivity contribution in [2.45, 2.75) is 33.6 Å². The second-order valence-corrected chi connectivity index (χ2v) is 7.94. The summed E-state index contributed by atoms with van der Waals surface area (Å²) in [5.74, 6) is 2.32. The lowest BCUT2D eigenvalue weighted by Crippen LogP contribution is -2.48. The lowest BCUT2D eigenvalue weighted by molar-refractivity contribution is 0.208. The quantitative estimate of drug-likeness (QED) is 0.281. The van der Waals surface area contributed by atoms with E-state index in [0.717, 1.165) is 25.6 Å². The molecule has 0 aromatic rings. The standard InChI is InChI=1S/C14H30N4O2S.HI/c1-5-15-14(16-7-6-8-17-21(4,19)20)18-10-12(2)9-13(3)11-18;/h12-13,17H,5-11H2,1-4H3,(H,15,16);1H. The number of piperidine rings is 1. The Hall–Kier alpha value is -0.0900. The van der Waals surface area contributed by atoms with Crippen molar-refractivity contribution in [2.75, 3.05) is 39.0 Å². The van der Waals surface area contributed by atoms with Crippen molar-refractivity contribution in [3.8, 4) is 0 Å². The highest BCUT2D eigenvalue weighted by Crippen LogP contribution is 2.20. The molecule has 1 aliphatic rings. The molecule has 0 aliphatic carbocycles. The Kier molecular flexibility index (Phi) is 10.6. The smallest absolute Gasteiger partial charge is 0.208 e. The van der Waals surface area contributed by atoms with Gasteiger partial charge in [0, 0.05) is 32.7 Å². The lowest BCUT2D eigenvalue weighted by atomic mass is 9.92. The van der Waals surface area contributed by atoms with Gasteiger partial charge in [-0.2, -0.15) is 0 Å². The van der Waals surface area contributed by atoms with Crippen molar-refractivity contribution in [2.24, 2.45) is 16.8 Å². The maximum Gasteiger partial charge on any atom is 0.208 e. The molecule has 0 spiro atoms. The van der Waals surface area contributed by atoms with Crippen molar-refractivity contribution in [1.29, 1.82) is 0 Å². The average molecular weight is 446 g/mol. The van der Waals surface area contributed by atoms with Gasteiger partial charge in [-0.3, -0.25) is 4.99 Å². The van der Waals surface area contributed by atoms with Crippen LogP contribution < -0.4 is 10.0 Å². The summed E-state index contributed by atoms with van der Waals surface area (Å²) in [5.41, 5.74) is 0. The van der Waals surface area contributed by atoms with Gasteiger partial charge in [-0.25, -0.2) is 13.1 Å². The molecule has 2 atom stereocenters. The highest BCUT2D eigenvalue weighted by Gasteiger charge is 2.23. The van der Waals surface area contributed by atoms with Gasteiger partial charge < -0.3 is 10.2 Å². The van der Waals surface area contributed by atoms with E-state index in [-0.39, 0.29) is 24.0 Å². The fourth-order valence-electron chi connectivity index (χ4n) is 2.78. The molecule has 0 radical (unpaired) electrons. The third kappa shape index (κ3) is 9.14. The summed E-state index contributed by atoms with van der Waals surface area (Å²) < 4.78 is 24.5. The molecular formula is C14H31IN4O2S. The zero-order valence-corrected chi connectivity index (χ0v) is 17.3. The number of likely N-dealkylation sites (tertiary alicyclic amines) is 1. The minimum absolute atomic E-state index is 0. The molecule has 0 aromatic carbocycles. The van der Waals surface area contributed by atoms with E-state index in [1.807, 2.05) is 0 Å². The predicted molar refractivity (Wildman–Crippen MR) is 103 cm³/mol. The van der Waals surface area contributed by atoms with Crippen LogP contribution in [0.5, 0.6) is 0 Å². The van der Waals surface area contributed by atoms with E-state index in [0.29, 0.717) is 31.3 Å². The number of nitrogens with zero attached hydrogens (tertiary/aromatic N) is 2. The molecule has 1 aliphatic heterocycles. The molecule has 8 heteroatoms. The number of halogens is 1. The van der Waals surface area contributed by atoms with Crippen LogP contribution in [0.15, 0.2) is 4.99 Å². The minimum atomic E-state index is -3.09. The van der Waals surface area contributed by atoms with E-state index in [4.69, 9.17) is 0 Å². The van der Waals surface area contributed by atoms with E-state index in [1.165, 1.54) is 12.7 Å². The minimum Gasteiger partial charge on any atom is -0.357 e. The van der Waals surface area contributed by atoms with Gasteiger partial charge in [0.1, 0.15) is 0 Å². The van der Waals surface area contributed by atoms with Crippen LogP contribution in [0, 0.1) is 11.8 Å². The third-order valence-corrected chi connectivity index (χ3v) is 4.19. The molecule has 0 amide bonds. The maximum absolute atomic E-state index is 11.0. The first-order chi connectivity index (χ1) is 9.81. The predicted octanol–water partition coefficient (Wildman–Crippen LogP) is 1.49. The van der Waals surface area contributed by atoms with Gasteiger partial charge in [-0.15, -0.1) is 24.0 Å². The van der Waals surface area contributed by atoms with Crippen LogP contribution in [0.25, 0.3) is 0 Å².